The maximum absolute atomic E-state index is 10.5. The molecule has 0 bridgehead atoms. The van der Waals surface area contributed by atoms with E-state index in [-0.39, 0.29) is 12.1 Å². The van der Waals surface area contributed by atoms with E-state index in [1.807, 2.05) is 0 Å². The molecule has 13 heavy (non-hydrogen) atoms. The van der Waals surface area contributed by atoms with Crippen LogP contribution in [0.3, 0.4) is 0 Å². The lowest BCUT2D eigenvalue weighted by Crippen LogP contribution is -2.03. The number of nitrogens with zero attached hydrogens (tertiary/aromatic N) is 2. The zero-order valence-corrected chi connectivity index (χ0v) is 7.48. The van der Waals surface area contributed by atoms with Crippen molar-refractivity contribution in [2.24, 2.45) is 5.16 Å². The largest absolute Gasteiger partial charge is 0.362 e. The molecule has 0 fully saturated rings. The van der Waals surface area contributed by atoms with Crippen LogP contribution in [0.25, 0.3) is 0 Å². The van der Waals surface area contributed by atoms with Crippen LogP contribution in [-0.2, 0) is 4.84 Å². The monoisotopic (exact) mass is 182 g/mol. The summed E-state index contributed by atoms with van der Waals surface area (Å²) in [6, 6.07) is 0. The summed E-state index contributed by atoms with van der Waals surface area (Å²) in [6.45, 7) is 3.36. The standard InChI is InChI=1S/C8H10N2O3/c1-6-5-8(10(11)12)4-3-7(2)13-9-6/h3,5H,4H2,1-2H3/b7-3-,8-5+,9-6?. The first-order valence-electron chi connectivity index (χ1n) is 3.83. The highest BCUT2D eigenvalue weighted by atomic mass is 16.6. The zero-order chi connectivity index (χ0) is 9.84. The van der Waals surface area contributed by atoms with E-state index in [1.165, 1.54) is 6.08 Å². The van der Waals surface area contributed by atoms with Crippen LogP contribution >= 0.6 is 0 Å². The van der Waals surface area contributed by atoms with Gasteiger partial charge in [-0.25, -0.2) is 0 Å². The fraction of sp³-hybridized carbons (Fsp3) is 0.375. The van der Waals surface area contributed by atoms with Crippen molar-refractivity contribution in [3.63, 3.8) is 0 Å². The minimum absolute atomic E-state index is 0.129. The average molecular weight is 182 g/mol. The van der Waals surface area contributed by atoms with Gasteiger partial charge in [-0.3, -0.25) is 10.1 Å². The summed E-state index contributed by atoms with van der Waals surface area (Å²) in [6.07, 6.45) is 3.30. The minimum Gasteiger partial charge on any atom is -0.362 e. The second-order valence-electron chi connectivity index (χ2n) is 2.74. The average Bonchev–Trinajstić information content (AvgIpc) is 2.05. The molecule has 0 spiro atoms. The Morgan fingerprint density at radius 1 is 1.62 bits per heavy atom. The molecule has 0 atom stereocenters. The van der Waals surface area contributed by atoms with Crippen LogP contribution in [0.15, 0.2) is 28.8 Å². The quantitative estimate of drug-likeness (QED) is 0.459. The van der Waals surface area contributed by atoms with Crippen LogP contribution in [0.2, 0.25) is 0 Å². The van der Waals surface area contributed by atoms with Gasteiger partial charge in [-0.05, 0) is 19.9 Å². The molecular formula is C8H10N2O3. The maximum atomic E-state index is 10.5. The van der Waals surface area contributed by atoms with E-state index in [1.54, 1.807) is 19.9 Å². The van der Waals surface area contributed by atoms with Gasteiger partial charge in [0.1, 0.15) is 5.76 Å². The van der Waals surface area contributed by atoms with Gasteiger partial charge in [0.05, 0.1) is 17.1 Å². The molecule has 1 heterocycles. The number of hydrogen-bond acceptors (Lipinski definition) is 4. The fourth-order valence-corrected chi connectivity index (χ4v) is 0.883. The summed E-state index contributed by atoms with van der Waals surface area (Å²) < 4.78 is 0. The molecule has 0 unspecified atom stereocenters. The van der Waals surface area contributed by atoms with Crippen LogP contribution in [0, 0.1) is 10.1 Å². The molecule has 0 aromatic carbocycles. The van der Waals surface area contributed by atoms with Crippen molar-refractivity contribution in [2.75, 3.05) is 0 Å². The molecule has 0 amide bonds. The van der Waals surface area contributed by atoms with E-state index < -0.39 is 4.92 Å². The van der Waals surface area contributed by atoms with Crippen molar-refractivity contribution < 1.29 is 9.76 Å². The molecule has 0 aliphatic carbocycles. The molecule has 0 radical (unpaired) electrons. The third-order valence-corrected chi connectivity index (χ3v) is 1.54. The van der Waals surface area contributed by atoms with Crippen molar-refractivity contribution in [1.29, 1.82) is 0 Å². The van der Waals surface area contributed by atoms with E-state index in [9.17, 15) is 10.1 Å². The van der Waals surface area contributed by atoms with Crippen LogP contribution in [0.1, 0.15) is 20.3 Å². The van der Waals surface area contributed by atoms with E-state index in [2.05, 4.69) is 5.16 Å². The normalized spacial score (nSPS) is 25.2. The topological polar surface area (TPSA) is 64.7 Å². The molecular weight excluding hydrogens is 172 g/mol. The Morgan fingerprint density at radius 3 is 2.92 bits per heavy atom. The van der Waals surface area contributed by atoms with Crippen molar-refractivity contribution in [3.05, 3.63) is 33.7 Å². The summed E-state index contributed by atoms with van der Waals surface area (Å²) in [5.74, 6) is 0.576. The lowest BCUT2D eigenvalue weighted by Gasteiger charge is -2.02. The van der Waals surface area contributed by atoms with Crippen molar-refractivity contribution >= 4 is 5.71 Å². The second-order valence-corrected chi connectivity index (χ2v) is 2.74. The summed E-state index contributed by atoms with van der Waals surface area (Å²) in [4.78, 5) is 15.0. The van der Waals surface area contributed by atoms with Gasteiger partial charge in [0.15, 0.2) is 0 Å². The smallest absolute Gasteiger partial charge is 0.252 e. The molecule has 5 heteroatoms. The van der Waals surface area contributed by atoms with Crippen molar-refractivity contribution in [2.45, 2.75) is 20.3 Å². The molecule has 0 saturated heterocycles. The Morgan fingerprint density at radius 2 is 2.31 bits per heavy atom. The molecule has 0 aromatic rings. The van der Waals surface area contributed by atoms with Crippen molar-refractivity contribution in [1.82, 2.24) is 0 Å². The lowest BCUT2D eigenvalue weighted by atomic mass is 10.2. The van der Waals surface area contributed by atoms with Crippen LogP contribution in [0.4, 0.5) is 0 Å². The lowest BCUT2D eigenvalue weighted by molar-refractivity contribution is -0.426. The maximum Gasteiger partial charge on any atom is 0.252 e. The van der Waals surface area contributed by atoms with E-state index in [4.69, 9.17) is 4.84 Å². The Balaban J connectivity index is 2.96. The molecule has 0 N–H and O–H groups in total. The summed E-state index contributed by atoms with van der Waals surface area (Å²) in [5, 5.41) is 14.1. The first kappa shape index (κ1) is 9.44. The number of nitro groups is 1. The van der Waals surface area contributed by atoms with Crippen LogP contribution < -0.4 is 0 Å². The summed E-state index contributed by atoms with van der Waals surface area (Å²) >= 11 is 0. The number of rotatable bonds is 1. The Bertz CT molecular complexity index is 315. The molecule has 1 aliphatic heterocycles. The van der Waals surface area contributed by atoms with Gasteiger partial charge < -0.3 is 4.84 Å². The van der Waals surface area contributed by atoms with E-state index in [0.29, 0.717) is 11.5 Å². The van der Waals surface area contributed by atoms with Crippen molar-refractivity contribution in [3.8, 4) is 0 Å². The third kappa shape index (κ3) is 2.70. The molecule has 5 nitrogen and oxygen atoms in total. The van der Waals surface area contributed by atoms with Gasteiger partial charge in [-0.2, -0.15) is 0 Å². The van der Waals surface area contributed by atoms with Gasteiger partial charge in [0.25, 0.3) is 5.70 Å². The zero-order valence-electron chi connectivity index (χ0n) is 7.48. The predicted molar refractivity (Wildman–Crippen MR) is 47.6 cm³/mol. The van der Waals surface area contributed by atoms with E-state index >= 15 is 0 Å². The minimum atomic E-state index is -0.409. The second kappa shape index (κ2) is 3.84. The summed E-state index contributed by atoms with van der Waals surface area (Å²) in [5.41, 5.74) is 0.628. The Labute approximate surface area is 75.5 Å². The van der Waals surface area contributed by atoms with Gasteiger partial charge in [-0.1, -0.05) is 5.16 Å². The molecule has 1 aliphatic rings. The van der Waals surface area contributed by atoms with Gasteiger partial charge in [0, 0.05) is 6.08 Å². The van der Waals surface area contributed by atoms with Crippen LogP contribution in [-0.4, -0.2) is 10.6 Å². The number of hydrogen-bond donors (Lipinski definition) is 0. The first-order valence-corrected chi connectivity index (χ1v) is 3.83. The summed E-state index contributed by atoms with van der Waals surface area (Å²) in [7, 11) is 0. The molecule has 0 saturated carbocycles. The Hall–Kier alpha value is -1.65. The Kier molecular flexibility index (Phi) is 2.79. The van der Waals surface area contributed by atoms with E-state index in [0.717, 1.165) is 0 Å². The number of allylic oxidation sites excluding steroid dienone is 3. The van der Waals surface area contributed by atoms with Gasteiger partial charge in [0.2, 0.25) is 0 Å². The fourth-order valence-electron chi connectivity index (χ4n) is 0.883. The highest BCUT2D eigenvalue weighted by Gasteiger charge is 2.11. The SMILES string of the molecule is CC1=NO/C(C)=C\C/C([N+](=O)[O-])=C\1. The molecule has 70 valence electrons. The predicted octanol–water partition coefficient (Wildman–Crippen LogP) is 1.85. The van der Waals surface area contributed by atoms with Crippen LogP contribution in [0.5, 0.6) is 0 Å². The van der Waals surface area contributed by atoms with Gasteiger partial charge in [-0.15, -0.1) is 0 Å². The third-order valence-electron chi connectivity index (χ3n) is 1.54. The van der Waals surface area contributed by atoms with Gasteiger partial charge >= 0.3 is 0 Å². The highest BCUT2D eigenvalue weighted by molar-refractivity contribution is 5.92. The highest BCUT2D eigenvalue weighted by Crippen LogP contribution is 2.10. The molecule has 0 aromatic heterocycles. The first-order chi connectivity index (χ1) is 6.09. The number of oxime groups is 1. The molecule has 1 rings (SSSR count).